The summed E-state index contributed by atoms with van der Waals surface area (Å²) in [6, 6.07) is 7.54. The Bertz CT molecular complexity index is 474. The number of benzene rings is 1. The van der Waals surface area contributed by atoms with Crippen LogP contribution in [-0.2, 0) is 14.3 Å². The lowest BCUT2D eigenvalue weighted by Crippen LogP contribution is -2.53. The van der Waals surface area contributed by atoms with Gasteiger partial charge in [-0.3, -0.25) is 0 Å². The van der Waals surface area contributed by atoms with Crippen molar-refractivity contribution in [1.82, 2.24) is 0 Å². The Morgan fingerprint density at radius 3 is 2.67 bits per heavy atom. The van der Waals surface area contributed by atoms with E-state index in [0.29, 0.717) is 19.4 Å². The smallest absolute Gasteiger partial charge is 0.331 e. The van der Waals surface area contributed by atoms with E-state index in [-0.39, 0.29) is 12.1 Å². The Hall–Kier alpha value is -1.75. The molecule has 0 aliphatic carbocycles. The topological polar surface area (TPSA) is 56.8 Å². The average Bonchev–Trinajstić information content (AvgIpc) is 2.54. The van der Waals surface area contributed by atoms with Crippen LogP contribution >= 0.6 is 0 Å². The van der Waals surface area contributed by atoms with E-state index in [9.17, 15) is 4.79 Å². The molecule has 1 heterocycles. The molecule has 2 rings (SSSR count). The first-order valence-electron chi connectivity index (χ1n) is 7.26. The van der Waals surface area contributed by atoms with Gasteiger partial charge in [0.05, 0.1) is 20.3 Å². The second kappa shape index (κ2) is 6.80. The third-order valence-corrected chi connectivity index (χ3v) is 3.96. The highest BCUT2D eigenvalue weighted by molar-refractivity contribution is 5.84. The van der Waals surface area contributed by atoms with Crippen LogP contribution in [0.25, 0.3) is 0 Å². The van der Waals surface area contributed by atoms with Gasteiger partial charge in [0.2, 0.25) is 0 Å². The van der Waals surface area contributed by atoms with E-state index >= 15 is 0 Å². The van der Waals surface area contributed by atoms with Crippen molar-refractivity contribution < 1.29 is 19.0 Å². The number of anilines is 1. The van der Waals surface area contributed by atoms with Crippen molar-refractivity contribution >= 4 is 11.7 Å². The molecule has 1 saturated heterocycles. The summed E-state index contributed by atoms with van der Waals surface area (Å²) < 4.78 is 15.9. The van der Waals surface area contributed by atoms with Crippen molar-refractivity contribution in [1.29, 1.82) is 0 Å². The van der Waals surface area contributed by atoms with Gasteiger partial charge in [-0.1, -0.05) is 6.92 Å². The maximum absolute atomic E-state index is 12.3. The zero-order valence-electron chi connectivity index (χ0n) is 12.8. The second-order valence-electron chi connectivity index (χ2n) is 5.28. The van der Waals surface area contributed by atoms with Crippen LogP contribution in [0.2, 0.25) is 0 Å². The first-order chi connectivity index (χ1) is 10.1. The summed E-state index contributed by atoms with van der Waals surface area (Å²) in [5.74, 6) is 0.547. The van der Waals surface area contributed by atoms with E-state index in [1.807, 2.05) is 24.3 Å². The Morgan fingerprint density at radius 2 is 2.10 bits per heavy atom. The molecule has 0 radical (unpaired) electrons. The zero-order chi connectivity index (χ0) is 15.3. The van der Waals surface area contributed by atoms with Gasteiger partial charge in [0.25, 0.3) is 0 Å². The van der Waals surface area contributed by atoms with Gasteiger partial charge in [-0.15, -0.1) is 0 Å². The van der Waals surface area contributed by atoms with Gasteiger partial charge < -0.3 is 19.5 Å². The zero-order valence-corrected chi connectivity index (χ0v) is 12.8. The molecular weight excluding hydrogens is 270 g/mol. The van der Waals surface area contributed by atoms with Crippen molar-refractivity contribution in [3.05, 3.63) is 24.3 Å². The van der Waals surface area contributed by atoms with Gasteiger partial charge in [-0.25, -0.2) is 4.79 Å². The van der Waals surface area contributed by atoms with Crippen LogP contribution < -0.4 is 10.1 Å². The van der Waals surface area contributed by atoms with Crippen LogP contribution in [0, 0.1) is 0 Å². The average molecular weight is 293 g/mol. The van der Waals surface area contributed by atoms with E-state index in [4.69, 9.17) is 14.2 Å². The lowest BCUT2D eigenvalue weighted by molar-refractivity contribution is -0.151. The highest BCUT2D eigenvalue weighted by atomic mass is 16.5. The number of methoxy groups -OCH3 is 2. The standard InChI is InChI=1S/C16H23NO4/c1-4-13-11-16(9-10-21-13,15(18)20-3)17-12-5-7-14(19-2)8-6-12/h5-8,13,17H,4,9-11H2,1-3H3. The molecule has 1 aliphatic heterocycles. The summed E-state index contributed by atoms with van der Waals surface area (Å²) >= 11 is 0. The fraction of sp³-hybridized carbons (Fsp3) is 0.562. The van der Waals surface area contributed by atoms with E-state index in [1.165, 1.54) is 7.11 Å². The molecule has 5 heteroatoms. The van der Waals surface area contributed by atoms with Crippen molar-refractivity contribution in [2.75, 3.05) is 26.1 Å². The monoisotopic (exact) mass is 293 g/mol. The molecule has 116 valence electrons. The van der Waals surface area contributed by atoms with E-state index in [1.54, 1.807) is 7.11 Å². The Morgan fingerprint density at radius 1 is 1.38 bits per heavy atom. The number of carbonyl (C=O) groups excluding carboxylic acids is 1. The largest absolute Gasteiger partial charge is 0.497 e. The summed E-state index contributed by atoms with van der Waals surface area (Å²) in [4.78, 5) is 12.3. The molecule has 5 nitrogen and oxygen atoms in total. The van der Waals surface area contributed by atoms with Crippen LogP contribution in [0.15, 0.2) is 24.3 Å². The molecule has 1 aliphatic rings. The first-order valence-corrected chi connectivity index (χ1v) is 7.26. The highest BCUT2D eigenvalue weighted by Gasteiger charge is 2.44. The van der Waals surface area contributed by atoms with Gasteiger partial charge in [0, 0.05) is 25.1 Å². The maximum atomic E-state index is 12.3. The number of nitrogens with one attached hydrogen (secondary N) is 1. The molecular formula is C16H23NO4. The van der Waals surface area contributed by atoms with Crippen molar-refractivity contribution in [3.8, 4) is 5.75 Å². The number of hydrogen-bond donors (Lipinski definition) is 1. The van der Waals surface area contributed by atoms with Crippen LogP contribution in [-0.4, -0.2) is 38.4 Å². The molecule has 0 aromatic heterocycles. The molecule has 1 N–H and O–H groups in total. The first kappa shape index (κ1) is 15.6. The van der Waals surface area contributed by atoms with Gasteiger partial charge in [-0.2, -0.15) is 0 Å². The summed E-state index contributed by atoms with van der Waals surface area (Å²) in [6.45, 7) is 2.61. The molecule has 1 aromatic carbocycles. The minimum Gasteiger partial charge on any atom is -0.497 e. The normalized spacial score (nSPS) is 25.2. The molecule has 1 aromatic rings. The molecule has 0 amide bonds. The molecule has 1 fully saturated rings. The fourth-order valence-corrected chi connectivity index (χ4v) is 2.71. The summed E-state index contributed by atoms with van der Waals surface area (Å²) in [5.41, 5.74) is 0.153. The molecule has 2 unspecified atom stereocenters. The lowest BCUT2D eigenvalue weighted by Gasteiger charge is -2.39. The van der Waals surface area contributed by atoms with Crippen LogP contribution in [0.5, 0.6) is 5.75 Å². The highest BCUT2D eigenvalue weighted by Crippen LogP contribution is 2.32. The summed E-state index contributed by atoms with van der Waals surface area (Å²) in [6.07, 6.45) is 2.16. The third kappa shape index (κ3) is 3.47. The lowest BCUT2D eigenvalue weighted by atomic mass is 9.85. The fourth-order valence-electron chi connectivity index (χ4n) is 2.71. The number of carbonyl (C=O) groups is 1. The van der Waals surface area contributed by atoms with Gasteiger partial charge >= 0.3 is 5.97 Å². The van der Waals surface area contributed by atoms with Gasteiger partial charge in [0.15, 0.2) is 0 Å². The number of ether oxygens (including phenoxy) is 3. The minimum atomic E-state index is -0.720. The van der Waals surface area contributed by atoms with Crippen molar-refractivity contribution in [2.45, 2.75) is 37.8 Å². The quantitative estimate of drug-likeness (QED) is 0.846. The van der Waals surface area contributed by atoms with Crippen LogP contribution in [0.4, 0.5) is 5.69 Å². The Balaban J connectivity index is 2.21. The van der Waals surface area contributed by atoms with Gasteiger partial charge in [0.1, 0.15) is 11.3 Å². The summed E-state index contributed by atoms with van der Waals surface area (Å²) in [7, 11) is 3.05. The van der Waals surface area contributed by atoms with E-state index in [2.05, 4.69) is 12.2 Å². The molecule has 21 heavy (non-hydrogen) atoms. The Labute approximate surface area is 125 Å². The molecule has 0 bridgehead atoms. The van der Waals surface area contributed by atoms with Crippen molar-refractivity contribution in [3.63, 3.8) is 0 Å². The van der Waals surface area contributed by atoms with Crippen LogP contribution in [0.1, 0.15) is 26.2 Å². The Kier molecular flexibility index (Phi) is 5.07. The second-order valence-corrected chi connectivity index (χ2v) is 5.28. The SMILES string of the molecule is CCC1CC(Nc2ccc(OC)cc2)(C(=O)OC)CCO1. The molecule has 2 atom stereocenters. The number of esters is 1. The minimum absolute atomic E-state index is 0.0728. The summed E-state index contributed by atoms with van der Waals surface area (Å²) in [5, 5.41) is 3.35. The third-order valence-electron chi connectivity index (χ3n) is 3.96. The van der Waals surface area contributed by atoms with E-state index < -0.39 is 5.54 Å². The van der Waals surface area contributed by atoms with Gasteiger partial charge in [-0.05, 0) is 30.7 Å². The van der Waals surface area contributed by atoms with Crippen molar-refractivity contribution in [2.24, 2.45) is 0 Å². The number of hydrogen-bond acceptors (Lipinski definition) is 5. The van der Waals surface area contributed by atoms with Crippen LogP contribution in [0.3, 0.4) is 0 Å². The maximum Gasteiger partial charge on any atom is 0.331 e. The molecule has 0 saturated carbocycles. The predicted octanol–water partition coefficient (Wildman–Crippen LogP) is 2.61. The molecule has 0 spiro atoms. The number of rotatable bonds is 5. The predicted molar refractivity (Wildman–Crippen MR) is 80.6 cm³/mol. The van der Waals surface area contributed by atoms with E-state index in [0.717, 1.165) is 17.9 Å².